The van der Waals surface area contributed by atoms with Crippen molar-refractivity contribution in [3.63, 3.8) is 0 Å². The van der Waals surface area contributed by atoms with Crippen molar-refractivity contribution >= 4 is 35.0 Å². The van der Waals surface area contributed by atoms with Crippen molar-refractivity contribution in [2.45, 2.75) is 5.37 Å². The molecule has 2 aromatic rings. The molecule has 7 nitrogen and oxygen atoms in total. The van der Waals surface area contributed by atoms with E-state index in [1.165, 1.54) is 11.8 Å². The Morgan fingerprint density at radius 3 is 2.27 bits per heavy atom. The Balaban J connectivity index is 1.87. The number of para-hydroxylation sites is 1. The number of benzene rings is 2. The highest BCUT2D eigenvalue weighted by Gasteiger charge is 2.36. The molecule has 156 valence electrons. The number of nitrogens with zero attached hydrogens (tertiary/aromatic N) is 3. The molecule has 2 heterocycles. The van der Waals surface area contributed by atoms with Gasteiger partial charge in [-0.2, -0.15) is 0 Å². The van der Waals surface area contributed by atoms with Gasteiger partial charge in [0.2, 0.25) is 0 Å². The van der Waals surface area contributed by atoms with Gasteiger partial charge in [-0.15, -0.1) is 11.8 Å². The van der Waals surface area contributed by atoms with E-state index < -0.39 is 11.8 Å². The van der Waals surface area contributed by atoms with Crippen molar-refractivity contribution in [3.05, 3.63) is 70.8 Å². The summed E-state index contributed by atoms with van der Waals surface area (Å²) >= 11 is 1.50. The zero-order valence-corrected chi connectivity index (χ0v) is 17.6. The van der Waals surface area contributed by atoms with Gasteiger partial charge in [0.15, 0.2) is 0 Å². The monoisotopic (exact) mass is 423 g/mol. The van der Waals surface area contributed by atoms with Crippen molar-refractivity contribution < 1.29 is 9.59 Å². The number of carbonyl (C=O) groups is 2. The molecule has 0 aromatic heterocycles. The van der Waals surface area contributed by atoms with E-state index in [-0.39, 0.29) is 5.37 Å². The van der Waals surface area contributed by atoms with Gasteiger partial charge >= 0.3 is 0 Å². The Kier molecular flexibility index (Phi) is 5.69. The number of hydrogen-bond donors (Lipinski definition) is 2. The third-order valence-corrected chi connectivity index (χ3v) is 6.60. The molecule has 0 aliphatic carbocycles. The molecule has 1 fully saturated rings. The maximum absolute atomic E-state index is 12.4. The second kappa shape index (κ2) is 8.41. The van der Waals surface area contributed by atoms with Crippen LogP contribution in [-0.2, 0) is 4.79 Å². The van der Waals surface area contributed by atoms with Gasteiger partial charge in [0.25, 0.3) is 11.8 Å². The minimum atomic E-state index is -0.537. The summed E-state index contributed by atoms with van der Waals surface area (Å²) in [5.74, 6) is -1.07. The highest BCUT2D eigenvalue weighted by atomic mass is 32.2. The summed E-state index contributed by atoms with van der Waals surface area (Å²) in [6.45, 7) is 3.46. The van der Waals surface area contributed by atoms with Crippen LogP contribution in [0, 0.1) is 0 Å². The van der Waals surface area contributed by atoms with Crippen LogP contribution < -0.4 is 21.3 Å². The van der Waals surface area contributed by atoms with Crippen LogP contribution in [0.25, 0.3) is 0 Å². The minimum Gasteiger partial charge on any atom is -0.367 e. The van der Waals surface area contributed by atoms with Crippen molar-refractivity contribution in [3.8, 4) is 0 Å². The Bertz CT molecular complexity index is 986. The first-order valence-electron chi connectivity index (χ1n) is 9.83. The number of anilines is 2. The fraction of sp³-hybridized carbons (Fsp3) is 0.273. The third kappa shape index (κ3) is 3.76. The lowest BCUT2D eigenvalue weighted by atomic mass is 10.1. The molecule has 8 heteroatoms. The van der Waals surface area contributed by atoms with E-state index in [0.29, 0.717) is 16.9 Å². The summed E-state index contributed by atoms with van der Waals surface area (Å²) in [6.07, 6.45) is 0. The fourth-order valence-corrected chi connectivity index (χ4v) is 5.06. The fourth-order valence-electron chi connectivity index (χ4n) is 3.92. The van der Waals surface area contributed by atoms with Gasteiger partial charge in [0, 0.05) is 31.6 Å². The number of amides is 2. The molecule has 0 bridgehead atoms. The summed E-state index contributed by atoms with van der Waals surface area (Å²) in [7, 11) is 2.09. The van der Waals surface area contributed by atoms with Crippen LogP contribution in [0.4, 0.5) is 11.4 Å². The smallest absolute Gasteiger partial charge is 0.265 e. The van der Waals surface area contributed by atoms with E-state index in [4.69, 9.17) is 11.5 Å². The zero-order chi connectivity index (χ0) is 21.3. The number of rotatable bonds is 5. The molecule has 2 amide bonds. The lowest BCUT2D eigenvalue weighted by Crippen LogP contribution is -2.45. The zero-order valence-electron chi connectivity index (χ0n) is 16.8. The van der Waals surface area contributed by atoms with Crippen LogP contribution in [0.5, 0.6) is 0 Å². The highest BCUT2D eigenvalue weighted by Crippen LogP contribution is 2.49. The quantitative estimate of drug-likeness (QED) is 0.765. The number of nitrogens with two attached hydrogens (primary N) is 2. The van der Waals surface area contributed by atoms with Gasteiger partial charge in [-0.1, -0.05) is 36.4 Å². The van der Waals surface area contributed by atoms with Crippen LogP contribution in [-0.4, -0.2) is 49.9 Å². The lowest BCUT2D eigenvalue weighted by Gasteiger charge is -2.38. The molecule has 0 saturated carbocycles. The molecular formula is C22H25N5O2S. The van der Waals surface area contributed by atoms with Crippen LogP contribution in [0.15, 0.2) is 59.6 Å². The topological polar surface area (TPSA) is 95.9 Å². The molecule has 30 heavy (non-hydrogen) atoms. The maximum Gasteiger partial charge on any atom is 0.265 e. The Labute approximate surface area is 180 Å². The first-order chi connectivity index (χ1) is 14.5. The number of hydrogen-bond acceptors (Lipinski definition) is 6. The molecule has 1 unspecified atom stereocenters. The SMILES string of the molecule is CN1CCN(c2cccc(C(N)=O)c2N2C(C(N)=O)=CSC2c2ccccc2)CC1. The third-order valence-electron chi connectivity index (χ3n) is 5.50. The summed E-state index contributed by atoms with van der Waals surface area (Å²) < 4.78 is 0. The Morgan fingerprint density at radius 2 is 1.63 bits per heavy atom. The van der Waals surface area contributed by atoms with E-state index in [2.05, 4.69) is 16.8 Å². The second-order valence-electron chi connectivity index (χ2n) is 7.46. The molecule has 2 aliphatic rings. The predicted octanol–water partition coefficient (Wildman–Crippen LogP) is 2.12. The van der Waals surface area contributed by atoms with Gasteiger partial charge in [0.05, 0.1) is 16.9 Å². The number of carbonyl (C=O) groups excluding carboxylic acids is 2. The molecule has 2 aromatic carbocycles. The summed E-state index contributed by atoms with van der Waals surface area (Å²) in [4.78, 5) is 31.1. The van der Waals surface area contributed by atoms with E-state index in [1.807, 2.05) is 47.4 Å². The standard InChI is InChI=1S/C22H25N5O2S/c1-25-10-12-26(13-11-25)17-9-5-8-16(20(23)28)19(17)27-18(21(24)29)14-30-22(27)15-6-3-2-4-7-15/h2-9,14,22H,10-13H2,1H3,(H2,23,28)(H2,24,29). The van der Waals surface area contributed by atoms with Crippen molar-refractivity contribution in [1.82, 2.24) is 4.90 Å². The molecule has 1 saturated heterocycles. The minimum absolute atomic E-state index is 0.222. The molecule has 0 radical (unpaired) electrons. The molecule has 0 spiro atoms. The summed E-state index contributed by atoms with van der Waals surface area (Å²) in [5, 5.41) is 1.55. The largest absolute Gasteiger partial charge is 0.367 e. The van der Waals surface area contributed by atoms with E-state index in [9.17, 15) is 9.59 Å². The second-order valence-corrected chi connectivity index (χ2v) is 8.42. The van der Waals surface area contributed by atoms with Gasteiger partial charge in [-0.25, -0.2) is 0 Å². The molecule has 4 N–H and O–H groups in total. The molecule has 4 rings (SSSR count). The Hall–Kier alpha value is -2.97. The van der Waals surface area contributed by atoms with Crippen molar-refractivity contribution in [1.29, 1.82) is 0 Å². The summed E-state index contributed by atoms with van der Waals surface area (Å²) in [6, 6.07) is 15.4. The van der Waals surface area contributed by atoms with Crippen molar-refractivity contribution in [2.24, 2.45) is 11.5 Å². The van der Waals surface area contributed by atoms with Crippen LogP contribution >= 0.6 is 11.8 Å². The number of thioether (sulfide) groups is 1. The van der Waals surface area contributed by atoms with Crippen molar-refractivity contribution in [2.75, 3.05) is 43.0 Å². The molecule has 2 aliphatic heterocycles. The van der Waals surface area contributed by atoms with Crippen LogP contribution in [0.1, 0.15) is 21.3 Å². The normalized spacial score (nSPS) is 19.6. The van der Waals surface area contributed by atoms with Gasteiger partial charge in [0.1, 0.15) is 11.1 Å². The van der Waals surface area contributed by atoms with Gasteiger partial charge < -0.3 is 26.2 Å². The summed E-state index contributed by atoms with van der Waals surface area (Å²) in [5.41, 5.74) is 14.8. The van der Waals surface area contributed by atoms with E-state index in [1.54, 1.807) is 11.5 Å². The average molecular weight is 424 g/mol. The number of primary amides is 2. The van der Waals surface area contributed by atoms with Gasteiger partial charge in [-0.3, -0.25) is 9.59 Å². The molecular weight excluding hydrogens is 398 g/mol. The van der Waals surface area contributed by atoms with E-state index >= 15 is 0 Å². The highest BCUT2D eigenvalue weighted by molar-refractivity contribution is 8.02. The Morgan fingerprint density at radius 1 is 0.933 bits per heavy atom. The van der Waals surface area contributed by atoms with Gasteiger partial charge in [-0.05, 0) is 24.7 Å². The molecule has 1 atom stereocenters. The number of likely N-dealkylation sites (N-methyl/N-ethyl adjacent to an activating group) is 1. The van der Waals surface area contributed by atoms with Crippen LogP contribution in [0.2, 0.25) is 0 Å². The van der Waals surface area contributed by atoms with Crippen LogP contribution in [0.3, 0.4) is 0 Å². The first kappa shape index (κ1) is 20.3. The maximum atomic E-state index is 12.4. The van der Waals surface area contributed by atoms with E-state index in [0.717, 1.165) is 37.4 Å². The predicted molar refractivity (Wildman–Crippen MR) is 121 cm³/mol. The average Bonchev–Trinajstić information content (AvgIpc) is 3.19. The first-order valence-corrected chi connectivity index (χ1v) is 10.8. The number of piperazine rings is 1. The lowest BCUT2D eigenvalue weighted by molar-refractivity contribution is -0.114.